The molecule has 5 rings (SSSR count). The van der Waals surface area contributed by atoms with Gasteiger partial charge in [-0.15, -0.1) is 22.7 Å². The molecule has 0 saturated heterocycles. The predicted octanol–water partition coefficient (Wildman–Crippen LogP) is 5.21. The molecule has 148 valence electrons. The predicted molar refractivity (Wildman–Crippen MR) is 120 cm³/mol. The van der Waals surface area contributed by atoms with Gasteiger partial charge in [-0.3, -0.25) is 14.9 Å². The van der Waals surface area contributed by atoms with Crippen molar-refractivity contribution in [3.05, 3.63) is 94.3 Å². The number of nitrogens with zero attached hydrogens (tertiary/aromatic N) is 2. The Morgan fingerprint density at radius 2 is 1.90 bits per heavy atom. The minimum absolute atomic E-state index is 0.133. The van der Waals surface area contributed by atoms with Gasteiger partial charge in [0.15, 0.2) is 5.13 Å². The lowest BCUT2D eigenvalue weighted by atomic mass is 10.0. The number of thiazole rings is 1. The number of carbonyl (C=O) groups excluding carboxylic acids is 2. The van der Waals surface area contributed by atoms with Gasteiger partial charge in [0.25, 0.3) is 11.8 Å². The molecule has 1 aliphatic rings. The molecule has 1 unspecified atom stereocenters. The zero-order valence-corrected chi connectivity index (χ0v) is 17.5. The van der Waals surface area contributed by atoms with Crippen molar-refractivity contribution >= 4 is 39.6 Å². The number of carbonyl (C=O) groups is 2. The molecule has 2 amide bonds. The van der Waals surface area contributed by atoms with Gasteiger partial charge in [-0.1, -0.05) is 48.5 Å². The number of aromatic nitrogens is 1. The molecule has 7 heteroatoms. The maximum atomic E-state index is 13.4. The van der Waals surface area contributed by atoms with Crippen molar-refractivity contribution in [2.75, 3.05) is 5.32 Å². The first kappa shape index (κ1) is 18.7. The van der Waals surface area contributed by atoms with Crippen LogP contribution in [-0.4, -0.2) is 21.7 Å². The lowest BCUT2D eigenvalue weighted by Crippen LogP contribution is -2.37. The van der Waals surface area contributed by atoms with E-state index in [0.717, 1.165) is 21.6 Å². The van der Waals surface area contributed by atoms with Crippen LogP contribution < -0.4 is 5.32 Å². The van der Waals surface area contributed by atoms with Crippen LogP contribution >= 0.6 is 22.7 Å². The fraction of sp³-hybridized carbons (Fsp3) is 0.0870. The average molecular weight is 432 g/mol. The number of fused-ring (bicyclic) bond motifs is 1. The van der Waals surface area contributed by atoms with Gasteiger partial charge >= 0.3 is 0 Å². The number of anilines is 1. The van der Waals surface area contributed by atoms with E-state index in [1.807, 2.05) is 66.0 Å². The highest BCUT2D eigenvalue weighted by Crippen LogP contribution is 2.35. The number of benzene rings is 2. The van der Waals surface area contributed by atoms with Gasteiger partial charge in [-0.05, 0) is 34.2 Å². The Morgan fingerprint density at radius 3 is 2.63 bits per heavy atom. The summed E-state index contributed by atoms with van der Waals surface area (Å²) in [5, 5.41) is 7.19. The Labute approximate surface area is 181 Å². The molecule has 1 aliphatic heterocycles. The molecule has 1 N–H and O–H groups in total. The molecular formula is C23H17N3O2S2. The van der Waals surface area contributed by atoms with Crippen LogP contribution in [0.15, 0.2) is 77.6 Å². The van der Waals surface area contributed by atoms with Crippen molar-refractivity contribution in [1.29, 1.82) is 0 Å². The summed E-state index contributed by atoms with van der Waals surface area (Å²) in [4.78, 5) is 33.5. The summed E-state index contributed by atoms with van der Waals surface area (Å²) in [7, 11) is 0. The molecular weight excluding hydrogens is 414 g/mol. The van der Waals surface area contributed by atoms with E-state index in [9.17, 15) is 9.59 Å². The number of hydrogen-bond acceptors (Lipinski definition) is 5. The molecule has 2 aromatic heterocycles. The Morgan fingerprint density at radius 1 is 1.03 bits per heavy atom. The number of rotatable bonds is 5. The van der Waals surface area contributed by atoms with Crippen LogP contribution in [0.1, 0.15) is 27.5 Å². The standard InChI is InChI=1S/C23H17N3O2S2/c27-21(25-23-24-10-12-30-23)20(15-5-2-1-3-6-15)26-14-17-9-8-16(13-18(17)22(26)28)19-7-4-11-29-19/h1-13,20H,14H2,(H,24,25,27). The third kappa shape index (κ3) is 3.42. The summed E-state index contributed by atoms with van der Waals surface area (Å²) in [5.41, 5.74) is 3.38. The Hall–Kier alpha value is -3.29. The fourth-order valence-electron chi connectivity index (χ4n) is 3.70. The van der Waals surface area contributed by atoms with Crippen molar-refractivity contribution in [2.45, 2.75) is 12.6 Å². The first-order chi connectivity index (χ1) is 14.7. The molecule has 3 heterocycles. The number of nitrogens with one attached hydrogen (secondary N) is 1. The SMILES string of the molecule is O=C(Nc1nccs1)C(c1ccccc1)N1Cc2ccc(-c3cccs3)cc2C1=O. The zero-order chi connectivity index (χ0) is 20.5. The van der Waals surface area contributed by atoms with Gasteiger partial charge in [0, 0.05) is 28.6 Å². The Bertz CT molecular complexity index is 1190. The molecule has 0 fully saturated rings. The molecule has 5 nitrogen and oxygen atoms in total. The maximum Gasteiger partial charge on any atom is 0.255 e. The normalized spacial score (nSPS) is 13.9. The number of amides is 2. The third-order valence-corrected chi connectivity index (χ3v) is 6.69. The largest absolute Gasteiger partial charge is 0.318 e. The average Bonchev–Trinajstić information content (AvgIpc) is 3.52. The Balaban J connectivity index is 1.49. The monoisotopic (exact) mass is 431 g/mol. The number of thiophene rings is 1. The first-order valence-electron chi connectivity index (χ1n) is 9.44. The smallest absolute Gasteiger partial charge is 0.255 e. The lowest BCUT2D eigenvalue weighted by Gasteiger charge is -2.27. The van der Waals surface area contributed by atoms with E-state index >= 15 is 0 Å². The second-order valence-electron chi connectivity index (χ2n) is 6.92. The van der Waals surface area contributed by atoms with Crippen molar-refractivity contribution in [2.24, 2.45) is 0 Å². The van der Waals surface area contributed by atoms with Crippen molar-refractivity contribution in [3.8, 4) is 10.4 Å². The maximum absolute atomic E-state index is 13.4. The summed E-state index contributed by atoms with van der Waals surface area (Å²) >= 11 is 2.99. The van der Waals surface area contributed by atoms with E-state index in [0.29, 0.717) is 17.2 Å². The van der Waals surface area contributed by atoms with Gasteiger partial charge in [-0.2, -0.15) is 0 Å². The van der Waals surface area contributed by atoms with E-state index < -0.39 is 6.04 Å². The summed E-state index contributed by atoms with van der Waals surface area (Å²) in [6.45, 7) is 0.393. The van der Waals surface area contributed by atoms with Gasteiger partial charge in [0.2, 0.25) is 0 Å². The van der Waals surface area contributed by atoms with Gasteiger partial charge in [0.05, 0.1) is 0 Å². The molecule has 2 aromatic carbocycles. The van der Waals surface area contributed by atoms with E-state index in [1.165, 1.54) is 11.3 Å². The summed E-state index contributed by atoms with van der Waals surface area (Å²) < 4.78 is 0. The summed E-state index contributed by atoms with van der Waals surface area (Å²) in [5.74, 6) is -0.401. The van der Waals surface area contributed by atoms with E-state index in [1.54, 1.807) is 27.8 Å². The van der Waals surface area contributed by atoms with Crippen LogP contribution in [0.2, 0.25) is 0 Å². The summed E-state index contributed by atoms with van der Waals surface area (Å²) in [6, 6.07) is 18.7. The highest BCUT2D eigenvalue weighted by Gasteiger charge is 2.37. The topological polar surface area (TPSA) is 62.3 Å². The van der Waals surface area contributed by atoms with E-state index in [4.69, 9.17) is 0 Å². The van der Waals surface area contributed by atoms with Crippen molar-refractivity contribution < 1.29 is 9.59 Å². The van der Waals surface area contributed by atoms with Gasteiger partial charge in [0.1, 0.15) is 6.04 Å². The van der Waals surface area contributed by atoms with E-state index in [-0.39, 0.29) is 11.8 Å². The van der Waals surface area contributed by atoms with Crippen LogP contribution in [0.3, 0.4) is 0 Å². The third-order valence-electron chi connectivity index (χ3n) is 5.09. The summed E-state index contributed by atoms with van der Waals surface area (Å²) in [6.07, 6.45) is 1.64. The van der Waals surface area contributed by atoms with Crippen molar-refractivity contribution in [1.82, 2.24) is 9.88 Å². The zero-order valence-electron chi connectivity index (χ0n) is 15.8. The van der Waals surface area contributed by atoms with Crippen LogP contribution in [0.25, 0.3) is 10.4 Å². The van der Waals surface area contributed by atoms with Crippen LogP contribution in [0.4, 0.5) is 5.13 Å². The number of hydrogen-bond donors (Lipinski definition) is 1. The molecule has 0 radical (unpaired) electrons. The highest BCUT2D eigenvalue weighted by molar-refractivity contribution is 7.14. The first-order valence-corrected chi connectivity index (χ1v) is 11.2. The van der Waals surface area contributed by atoms with Gasteiger partial charge < -0.3 is 4.90 Å². The molecule has 0 aliphatic carbocycles. The van der Waals surface area contributed by atoms with Crippen LogP contribution in [0.5, 0.6) is 0 Å². The Kier molecular flexibility index (Phi) is 4.90. The second kappa shape index (κ2) is 7.85. The van der Waals surface area contributed by atoms with Crippen LogP contribution in [0, 0.1) is 0 Å². The minimum Gasteiger partial charge on any atom is -0.318 e. The van der Waals surface area contributed by atoms with Crippen molar-refractivity contribution in [3.63, 3.8) is 0 Å². The van der Waals surface area contributed by atoms with Gasteiger partial charge in [-0.25, -0.2) is 4.98 Å². The molecule has 0 spiro atoms. The molecule has 4 aromatic rings. The molecule has 1 atom stereocenters. The second-order valence-corrected chi connectivity index (χ2v) is 8.76. The molecule has 0 bridgehead atoms. The quantitative estimate of drug-likeness (QED) is 0.472. The molecule has 0 saturated carbocycles. The van der Waals surface area contributed by atoms with E-state index in [2.05, 4.69) is 10.3 Å². The lowest BCUT2D eigenvalue weighted by molar-refractivity contribution is -0.120. The van der Waals surface area contributed by atoms with Crippen LogP contribution in [-0.2, 0) is 11.3 Å². The highest BCUT2D eigenvalue weighted by atomic mass is 32.1. The fourth-order valence-corrected chi connectivity index (χ4v) is 4.95. The molecule has 30 heavy (non-hydrogen) atoms. The minimum atomic E-state index is -0.736.